The molecule has 1 N–H and O–H groups in total. The Morgan fingerprint density at radius 1 is 0.930 bits per heavy atom. The van der Waals surface area contributed by atoms with Crippen LogP contribution in [0.15, 0.2) is 42.5 Å². The third-order valence-electron chi connectivity index (χ3n) is 9.25. The molecule has 2 saturated carbocycles. The van der Waals surface area contributed by atoms with Gasteiger partial charge in [-0.1, -0.05) is 19.3 Å². The minimum atomic E-state index is -0.437. The van der Waals surface area contributed by atoms with E-state index in [4.69, 9.17) is 9.47 Å². The number of fused-ring (bicyclic) bond motifs is 2. The number of hydrogen-bond donors (Lipinski definition) is 1. The molecular formula is C34H44FN3O5. The van der Waals surface area contributed by atoms with Gasteiger partial charge in [0.15, 0.2) is 0 Å². The van der Waals surface area contributed by atoms with Gasteiger partial charge >= 0.3 is 5.97 Å². The van der Waals surface area contributed by atoms with Gasteiger partial charge in [-0.3, -0.25) is 14.5 Å². The molecule has 0 radical (unpaired) electrons. The molecule has 2 unspecified atom stereocenters. The molecule has 2 aromatic rings. The summed E-state index contributed by atoms with van der Waals surface area (Å²) in [5.41, 5.74) is 1.17. The summed E-state index contributed by atoms with van der Waals surface area (Å²) in [5.74, 6) is 2.51. The van der Waals surface area contributed by atoms with Crippen LogP contribution in [0, 0.1) is 23.6 Å². The third kappa shape index (κ3) is 9.02. The Balaban J connectivity index is 1.00. The summed E-state index contributed by atoms with van der Waals surface area (Å²) in [5, 5.41) is 2.83. The minimum absolute atomic E-state index is 0.0356. The van der Waals surface area contributed by atoms with E-state index in [0.29, 0.717) is 56.2 Å². The maximum absolute atomic E-state index is 14.4. The summed E-state index contributed by atoms with van der Waals surface area (Å²) in [6.45, 7) is 3.00. The second kappa shape index (κ2) is 14.8. The zero-order chi connectivity index (χ0) is 30.2. The fraction of sp³-hybridized carbons (Fsp3) is 0.559. The normalized spacial score (nSPS) is 22.1. The highest BCUT2D eigenvalue weighted by atomic mass is 19.1. The summed E-state index contributed by atoms with van der Waals surface area (Å²) >= 11 is 0. The van der Waals surface area contributed by atoms with Gasteiger partial charge in [-0.15, -0.1) is 0 Å². The van der Waals surface area contributed by atoms with Crippen molar-refractivity contribution in [3.8, 4) is 11.5 Å². The van der Waals surface area contributed by atoms with Gasteiger partial charge in [0.1, 0.15) is 17.3 Å². The summed E-state index contributed by atoms with van der Waals surface area (Å²) in [6, 6.07) is 11.1. The van der Waals surface area contributed by atoms with Crippen LogP contribution < -0.4 is 10.1 Å². The first-order chi connectivity index (χ1) is 20.8. The maximum Gasteiger partial charge on any atom is 0.337 e. The Morgan fingerprint density at radius 3 is 2.35 bits per heavy atom. The van der Waals surface area contributed by atoms with E-state index in [0.717, 1.165) is 36.2 Å². The van der Waals surface area contributed by atoms with Crippen LogP contribution in [0.25, 0.3) is 0 Å². The summed E-state index contributed by atoms with van der Waals surface area (Å²) < 4.78 is 24.9. The molecule has 1 aliphatic heterocycles. The lowest BCUT2D eigenvalue weighted by Crippen LogP contribution is -2.50. The van der Waals surface area contributed by atoms with E-state index in [2.05, 4.69) is 10.2 Å². The van der Waals surface area contributed by atoms with Crippen molar-refractivity contribution in [1.29, 1.82) is 0 Å². The van der Waals surface area contributed by atoms with Crippen molar-refractivity contribution in [3.05, 3.63) is 59.4 Å². The van der Waals surface area contributed by atoms with Crippen LogP contribution in [0.3, 0.4) is 0 Å². The Labute approximate surface area is 253 Å². The average molecular weight is 594 g/mol. The molecule has 1 saturated heterocycles. The standard InChI is InChI=1S/C34H44FN3O5/c1-42-34(41)28-8-10-30(11-9-28)43-31-20-27(19-29(35)21-31)23-37-12-14-38(15-13-37)33(40)22-36-32(39)7-3-6-26-17-24-4-2-5-25(16-24)18-26/h8-11,19-21,24-26H,2-7,12-18,22-23H2,1H3,(H,36,39). The number of piperazine rings is 1. The van der Waals surface area contributed by atoms with E-state index in [1.165, 1.54) is 57.8 Å². The van der Waals surface area contributed by atoms with E-state index >= 15 is 0 Å². The van der Waals surface area contributed by atoms with Crippen LogP contribution in [0.2, 0.25) is 0 Å². The number of halogens is 1. The molecule has 232 valence electrons. The number of benzene rings is 2. The third-order valence-corrected chi connectivity index (χ3v) is 9.25. The topological polar surface area (TPSA) is 88.2 Å². The molecule has 43 heavy (non-hydrogen) atoms. The number of nitrogens with one attached hydrogen (secondary N) is 1. The fourth-order valence-corrected chi connectivity index (χ4v) is 7.13. The molecule has 3 aliphatic rings. The number of hydrogen-bond acceptors (Lipinski definition) is 6. The first-order valence-electron chi connectivity index (χ1n) is 15.8. The zero-order valence-electron chi connectivity index (χ0n) is 25.2. The molecule has 0 spiro atoms. The highest BCUT2D eigenvalue weighted by Gasteiger charge is 2.31. The predicted molar refractivity (Wildman–Crippen MR) is 161 cm³/mol. The Kier molecular flexibility index (Phi) is 10.7. The van der Waals surface area contributed by atoms with Gasteiger partial charge in [0.05, 0.1) is 19.2 Å². The van der Waals surface area contributed by atoms with Crippen LogP contribution in [0.1, 0.15) is 73.7 Å². The molecule has 2 amide bonds. The fourth-order valence-electron chi connectivity index (χ4n) is 7.13. The Bertz CT molecular complexity index is 1250. The number of nitrogens with zero attached hydrogens (tertiary/aromatic N) is 2. The first-order valence-corrected chi connectivity index (χ1v) is 15.8. The van der Waals surface area contributed by atoms with Crippen molar-refractivity contribution in [1.82, 2.24) is 15.1 Å². The number of rotatable bonds is 11. The number of amides is 2. The molecule has 3 fully saturated rings. The van der Waals surface area contributed by atoms with Crippen molar-refractivity contribution in [2.75, 3.05) is 39.8 Å². The largest absolute Gasteiger partial charge is 0.465 e. The average Bonchev–Trinajstić information content (AvgIpc) is 3.00. The predicted octanol–water partition coefficient (Wildman–Crippen LogP) is 5.55. The highest BCUT2D eigenvalue weighted by Crippen LogP contribution is 2.43. The van der Waals surface area contributed by atoms with Gasteiger partial charge < -0.3 is 19.7 Å². The smallest absolute Gasteiger partial charge is 0.337 e. The van der Waals surface area contributed by atoms with Crippen molar-refractivity contribution in [2.24, 2.45) is 17.8 Å². The summed E-state index contributed by atoms with van der Waals surface area (Å²) in [4.78, 5) is 40.7. The van der Waals surface area contributed by atoms with Crippen molar-refractivity contribution >= 4 is 17.8 Å². The summed E-state index contributed by atoms with van der Waals surface area (Å²) in [6.07, 6.45) is 10.8. The molecule has 2 atom stereocenters. The van der Waals surface area contributed by atoms with Crippen LogP contribution >= 0.6 is 0 Å². The molecule has 0 aromatic heterocycles. The first kappa shape index (κ1) is 31.0. The minimum Gasteiger partial charge on any atom is -0.465 e. The second-order valence-electron chi connectivity index (χ2n) is 12.5. The van der Waals surface area contributed by atoms with E-state index in [1.54, 1.807) is 35.2 Å². The number of methoxy groups -OCH3 is 1. The molecule has 1 heterocycles. The Hall–Kier alpha value is -3.46. The molecular weight excluding hydrogens is 549 g/mol. The number of ether oxygens (including phenoxy) is 2. The van der Waals surface area contributed by atoms with Crippen molar-refractivity contribution in [3.63, 3.8) is 0 Å². The van der Waals surface area contributed by atoms with Gasteiger partial charge in [-0.25, -0.2) is 9.18 Å². The lowest BCUT2D eigenvalue weighted by atomic mass is 9.67. The van der Waals surface area contributed by atoms with Crippen LogP contribution in [-0.4, -0.2) is 67.4 Å². The van der Waals surface area contributed by atoms with Crippen LogP contribution in [0.4, 0.5) is 4.39 Å². The van der Waals surface area contributed by atoms with Gasteiger partial charge in [0.2, 0.25) is 11.8 Å². The molecule has 2 aliphatic carbocycles. The van der Waals surface area contributed by atoms with Gasteiger partial charge in [-0.05, 0) is 91.8 Å². The van der Waals surface area contributed by atoms with E-state index in [-0.39, 0.29) is 18.4 Å². The molecule has 5 rings (SSSR count). The van der Waals surface area contributed by atoms with E-state index in [1.807, 2.05) is 0 Å². The SMILES string of the molecule is COC(=O)c1ccc(Oc2cc(F)cc(CN3CCN(C(=O)CNC(=O)CCCC4CC5CCCC(C4)C5)CC3)c2)cc1. The molecule has 2 aromatic carbocycles. The monoisotopic (exact) mass is 593 g/mol. The number of carbonyl (C=O) groups excluding carboxylic acids is 3. The lowest BCUT2D eigenvalue weighted by molar-refractivity contribution is -0.134. The van der Waals surface area contributed by atoms with Crippen molar-refractivity contribution in [2.45, 2.75) is 64.3 Å². The van der Waals surface area contributed by atoms with Gasteiger partial charge in [0, 0.05) is 45.2 Å². The zero-order valence-corrected chi connectivity index (χ0v) is 25.2. The lowest BCUT2D eigenvalue weighted by Gasteiger charge is -2.39. The molecule has 9 heteroatoms. The van der Waals surface area contributed by atoms with Crippen LogP contribution in [0.5, 0.6) is 11.5 Å². The van der Waals surface area contributed by atoms with Crippen molar-refractivity contribution < 1.29 is 28.2 Å². The Morgan fingerprint density at radius 2 is 1.65 bits per heavy atom. The van der Waals surface area contributed by atoms with Gasteiger partial charge in [0.25, 0.3) is 0 Å². The highest BCUT2D eigenvalue weighted by molar-refractivity contribution is 5.89. The second-order valence-corrected chi connectivity index (χ2v) is 12.5. The number of carbonyl (C=O) groups is 3. The molecule has 8 nitrogen and oxygen atoms in total. The number of esters is 1. The molecule has 2 bridgehead atoms. The van der Waals surface area contributed by atoms with E-state index < -0.39 is 11.8 Å². The maximum atomic E-state index is 14.4. The quantitative estimate of drug-likeness (QED) is 0.344. The summed E-state index contributed by atoms with van der Waals surface area (Å²) in [7, 11) is 1.32. The van der Waals surface area contributed by atoms with Gasteiger partial charge in [-0.2, -0.15) is 0 Å². The van der Waals surface area contributed by atoms with Crippen LogP contribution in [-0.2, 0) is 20.9 Å². The van der Waals surface area contributed by atoms with E-state index in [9.17, 15) is 18.8 Å².